The number of rotatable bonds is 1. The molecular formula is C16H13NO3. The zero-order chi connectivity index (χ0) is 13.7. The van der Waals surface area contributed by atoms with Gasteiger partial charge >= 0.3 is 5.97 Å². The zero-order valence-corrected chi connectivity index (χ0v) is 10.8. The Kier molecular flexibility index (Phi) is 2.33. The summed E-state index contributed by atoms with van der Waals surface area (Å²) in [4.78, 5) is 26.0. The highest BCUT2D eigenvalue weighted by atomic mass is 16.6. The van der Waals surface area contributed by atoms with Gasteiger partial charge in [0.2, 0.25) is 0 Å². The molecule has 20 heavy (non-hydrogen) atoms. The summed E-state index contributed by atoms with van der Waals surface area (Å²) in [6.07, 6.45) is 0.515. The van der Waals surface area contributed by atoms with Gasteiger partial charge in [-0.2, -0.15) is 0 Å². The third kappa shape index (κ3) is 1.54. The molecule has 0 radical (unpaired) electrons. The Labute approximate surface area is 115 Å². The molecule has 2 aromatic carbocycles. The summed E-state index contributed by atoms with van der Waals surface area (Å²) < 4.78 is 5.13. The molecule has 4 rings (SSSR count). The SMILES string of the molecule is O=C1O[C@H]2C[C@@H]1N(C(=O)c1cccc3ccccc13)C2. The van der Waals surface area contributed by atoms with Crippen molar-refractivity contribution < 1.29 is 14.3 Å². The summed E-state index contributed by atoms with van der Waals surface area (Å²) in [5.74, 6) is -0.346. The van der Waals surface area contributed by atoms with Crippen LogP contribution in [0.5, 0.6) is 0 Å². The molecule has 100 valence electrons. The first-order valence-electron chi connectivity index (χ1n) is 6.73. The normalized spacial score (nSPS) is 24.2. The fraction of sp³-hybridized carbons (Fsp3) is 0.250. The number of amides is 1. The number of carbonyl (C=O) groups excluding carboxylic acids is 2. The second-order valence-corrected chi connectivity index (χ2v) is 5.29. The van der Waals surface area contributed by atoms with Crippen molar-refractivity contribution in [2.24, 2.45) is 0 Å². The third-order valence-electron chi connectivity index (χ3n) is 4.10. The van der Waals surface area contributed by atoms with E-state index in [0.29, 0.717) is 18.5 Å². The van der Waals surface area contributed by atoms with Crippen molar-refractivity contribution in [1.29, 1.82) is 0 Å². The van der Waals surface area contributed by atoms with Crippen molar-refractivity contribution in [3.63, 3.8) is 0 Å². The molecule has 1 amide bonds. The molecule has 0 unspecified atom stereocenters. The topological polar surface area (TPSA) is 46.6 Å². The summed E-state index contributed by atoms with van der Waals surface area (Å²) in [5.41, 5.74) is 0.656. The fourth-order valence-electron chi connectivity index (χ4n) is 3.14. The van der Waals surface area contributed by atoms with E-state index in [2.05, 4.69) is 0 Å². The zero-order valence-electron chi connectivity index (χ0n) is 10.8. The van der Waals surface area contributed by atoms with Crippen molar-refractivity contribution >= 4 is 22.6 Å². The van der Waals surface area contributed by atoms with Crippen molar-refractivity contribution in [3.8, 4) is 0 Å². The number of hydrogen-bond acceptors (Lipinski definition) is 3. The van der Waals surface area contributed by atoms with Crippen LogP contribution in [0.4, 0.5) is 0 Å². The van der Waals surface area contributed by atoms with Crippen LogP contribution >= 0.6 is 0 Å². The van der Waals surface area contributed by atoms with E-state index in [1.165, 1.54) is 0 Å². The summed E-state index contributed by atoms with van der Waals surface area (Å²) in [7, 11) is 0. The van der Waals surface area contributed by atoms with E-state index in [9.17, 15) is 9.59 Å². The maximum Gasteiger partial charge on any atom is 0.329 e. The average Bonchev–Trinajstić information content (AvgIpc) is 3.05. The van der Waals surface area contributed by atoms with E-state index < -0.39 is 6.04 Å². The van der Waals surface area contributed by atoms with Gasteiger partial charge in [-0.05, 0) is 16.8 Å². The van der Waals surface area contributed by atoms with Crippen molar-refractivity contribution in [1.82, 2.24) is 4.90 Å². The van der Waals surface area contributed by atoms with Gasteiger partial charge in [-0.3, -0.25) is 4.79 Å². The molecule has 4 heteroatoms. The van der Waals surface area contributed by atoms with Crippen molar-refractivity contribution in [2.75, 3.05) is 6.54 Å². The summed E-state index contributed by atoms with van der Waals surface area (Å²) in [5, 5.41) is 1.96. The second-order valence-electron chi connectivity index (χ2n) is 5.29. The van der Waals surface area contributed by atoms with Gasteiger partial charge in [-0.25, -0.2) is 4.79 Å². The first kappa shape index (κ1) is 11.5. The van der Waals surface area contributed by atoms with Gasteiger partial charge in [0, 0.05) is 12.0 Å². The highest BCUT2D eigenvalue weighted by Gasteiger charge is 2.48. The number of esters is 1. The number of ether oxygens (including phenoxy) is 1. The molecule has 2 aliphatic rings. The van der Waals surface area contributed by atoms with Gasteiger partial charge < -0.3 is 9.64 Å². The Morgan fingerprint density at radius 2 is 1.95 bits per heavy atom. The van der Waals surface area contributed by atoms with E-state index in [0.717, 1.165) is 10.8 Å². The van der Waals surface area contributed by atoms with Gasteiger partial charge in [0.15, 0.2) is 0 Å². The molecule has 2 aromatic rings. The molecule has 2 atom stereocenters. The Bertz CT molecular complexity index is 719. The van der Waals surface area contributed by atoms with E-state index in [-0.39, 0.29) is 18.0 Å². The number of carbonyl (C=O) groups is 2. The molecule has 4 nitrogen and oxygen atoms in total. The molecule has 0 saturated carbocycles. The van der Waals surface area contributed by atoms with Crippen LogP contribution in [-0.4, -0.2) is 35.5 Å². The lowest BCUT2D eigenvalue weighted by Gasteiger charge is -2.26. The van der Waals surface area contributed by atoms with Crippen LogP contribution in [-0.2, 0) is 9.53 Å². The minimum absolute atomic E-state index is 0.0778. The maximum atomic E-state index is 12.7. The molecule has 2 bridgehead atoms. The lowest BCUT2D eigenvalue weighted by Crippen LogP contribution is -2.44. The standard InChI is InChI=1S/C16H13NO3/c18-15(17-9-11-8-14(17)16(19)20-11)13-7-3-5-10-4-1-2-6-12(10)13/h1-7,11,14H,8-9H2/t11-,14-/m0/s1. The van der Waals surface area contributed by atoms with Crippen molar-refractivity contribution in [3.05, 3.63) is 48.0 Å². The van der Waals surface area contributed by atoms with Crippen LogP contribution in [0.1, 0.15) is 16.8 Å². The number of likely N-dealkylation sites (tertiary alicyclic amines) is 1. The van der Waals surface area contributed by atoms with Crippen molar-refractivity contribution in [2.45, 2.75) is 18.6 Å². The lowest BCUT2D eigenvalue weighted by molar-refractivity contribution is -0.149. The van der Waals surface area contributed by atoms with E-state index in [4.69, 9.17) is 4.74 Å². The quantitative estimate of drug-likeness (QED) is 0.742. The average molecular weight is 267 g/mol. The van der Waals surface area contributed by atoms with Gasteiger partial charge in [-0.1, -0.05) is 36.4 Å². The van der Waals surface area contributed by atoms with E-state index in [1.54, 1.807) is 4.90 Å². The second kappa shape index (κ2) is 4.07. The molecule has 0 aromatic heterocycles. The molecule has 2 aliphatic heterocycles. The maximum absolute atomic E-state index is 12.7. The van der Waals surface area contributed by atoms with Crippen LogP contribution in [0.25, 0.3) is 10.8 Å². The molecule has 2 heterocycles. The molecule has 2 saturated heterocycles. The number of nitrogens with zero attached hydrogens (tertiary/aromatic N) is 1. The molecule has 0 spiro atoms. The number of morpholine rings is 1. The Hall–Kier alpha value is -2.36. The van der Waals surface area contributed by atoms with Crippen LogP contribution in [0.15, 0.2) is 42.5 Å². The minimum atomic E-state index is -0.397. The smallest absolute Gasteiger partial charge is 0.329 e. The lowest BCUT2D eigenvalue weighted by atomic mass is 10.0. The third-order valence-corrected chi connectivity index (χ3v) is 4.10. The highest BCUT2D eigenvalue weighted by molar-refractivity contribution is 6.08. The number of fused-ring (bicyclic) bond motifs is 3. The molecular weight excluding hydrogens is 254 g/mol. The summed E-state index contributed by atoms with van der Waals surface area (Å²) in [6, 6.07) is 13.1. The first-order chi connectivity index (χ1) is 9.74. The number of benzene rings is 2. The minimum Gasteiger partial charge on any atom is -0.459 e. The van der Waals surface area contributed by atoms with Gasteiger partial charge in [0.25, 0.3) is 5.91 Å². The highest BCUT2D eigenvalue weighted by Crippen LogP contribution is 2.31. The predicted molar refractivity (Wildman–Crippen MR) is 73.3 cm³/mol. The molecule has 2 fully saturated rings. The van der Waals surface area contributed by atoms with Gasteiger partial charge in [0.05, 0.1) is 6.54 Å². The Balaban J connectivity index is 1.76. The van der Waals surface area contributed by atoms with Crippen LogP contribution in [0.2, 0.25) is 0 Å². The first-order valence-corrected chi connectivity index (χ1v) is 6.73. The van der Waals surface area contributed by atoms with Crippen LogP contribution < -0.4 is 0 Å². The van der Waals surface area contributed by atoms with Gasteiger partial charge in [-0.15, -0.1) is 0 Å². The monoisotopic (exact) mass is 267 g/mol. The van der Waals surface area contributed by atoms with Gasteiger partial charge in [0.1, 0.15) is 12.1 Å². The van der Waals surface area contributed by atoms with Crippen LogP contribution in [0, 0.1) is 0 Å². The largest absolute Gasteiger partial charge is 0.459 e. The van der Waals surface area contributed by atoms with E-state index >= 15 is 0 Å². The summed E-state index contributed by atoms with van der Waals surface area (Å²) in [6.45, 7) is 0.512. The predicted octanol–water partition coefficient (Wildman–Crippen LogP) is 1.98. The Morgan fingerprint density at radius 1 is 1.15 bits per heavy atom. The van der Waals surface area contributed by atoms with E-state index in [1.807, 2.05) is 42.5 Å². The number of hydrogen-bond donors (Lipinski definition) is 0. The van der Waals surface area contributed by atoms with Crippen LogP contribution in [0.3, 0.4) is 0 Å². The molecule has 0 aliphatic carbocycles. The molecule has 0 N–H and O–H groups in total. The Morgan fingerprint density at radius 3 is 2.75 bits per heavy atom. The fourth-order valence-corrected chi connectivity index (χ4v) is 3.14. The summed E-state index contributed by atoms with van der Waals surface area (Å²) >= 11 is 0.